The molecule has 1 N–H and O–H groups in total. The van der Waals surface area contributed by atoms with E-state index in [-0.39, 0.29) is 57.1 Å². The van der Waals surface area contributed by atoms with Crippen LogP contribution in [0.15, 0.2) is 84.0 Å². The molecule has 0 radical (unpaired) electrons. The molecule has 3 fully saturated rings. The van der Waals surface area contributed by atoms with Crippen LogP contribution in [0.5, 0.6) is 0 Å². The Balaban J connectivity index is 1.38. The van der Waals surface area contributed by atoms with Crippen LogP contribution in [0.1, 0.15) is 42.5 Å². The van der Waals surface area contributed by atoms with Crippen molar-refractivity contribution in [2.75, 3.05) is 12.4 Å². The largest absolute Gasteiger partial charge is 0.469 e. The molecule has 2 atom stereocenters. The number of aromatic nitrogens is 4. The molecule has 0 aliphatic heterocycles. The van der Waals surface area contributed by atoms with E-state index in [0.29, 0.717) is 11.5 Å². The molecule has 2 bridgehead atoms. The van der Waals surface area contributed by atoms with Crippen LogP contribution in [-0.2, 0) is 19.6 Å². The third kappa shape index (κ3) is 5.85. The number of anilines is 1. The van der Waals surface area contributed by atoms with Gasteiger partial charge in [-0.15, -0.1) is 0 Å². The second-order valence-corrected chi connectivity index (χ2v) is 14.0. The molecule has 0 amide bonds. The fourth-order valence-corrected chi connectivity index (χ4v) is 8.23. The van der Waals surface area contributed by atoms with Gasteiger partial charge in [0, 0.05) is 34.8 Å². The van der Waals surface area contributed by atoms with Gasteiger partial charge in [-0.2, -0.15) is 0 Å². The maximum Gasteiger partial charge on any atom is 0.311 e. The lowest BCUT2D eigenvalue weighted by atomic mass is 9.61. The highest BCUT2D eigenvalue weighted by Crippen LogP contribution is 2.46. The van der Waals surface area contributed by atoms with Gasteiger partial charge >= 0.3 is 5.97 Å². The minimum absolute atomic E-state index is 0.0382. The number of aryl methyl sites for hydroxylation is 1. The number of benzene rings is 2. The van der Waals surface area contributed by atoms with Gasteiger partial charge in [-0.05, 0) is 80.7 Å². The third-order valence-corrected chi connectivity index (χ3v) is 10.9. The molecule has 3 aliphatic rings. The van der Waals surface area contributed by atoms with Gasteiger partial charge in [-0.3, -0.25) is 4.79 Å². The van der Waals surface area contributed by atoms with Crippen molar-refractivity contribution in [2.45, 2.75) is 43.5 Å². The summed E-state index contributed by atoms with van der Waals surface area (Å²) in [5, 5.41) is 3.75. The molecule has 3 aromatic heterocycles. The van der Waals surface area contributed by atoms with E-state index in [9.17, 15) is 17.6 Å². The van der Waals surface area contributed by atoms with Gasteiger partial charge in [-0.1, -0.05) is 41.8 Å². The van der Waals surface area contributed by atoms with E-state index in [2.05, 4.69) is 22.1 Å². The number of nitrogens with one attached hydrogen (secondary N) is 1. The van der Waals surface area contributed by atoms with Crippen molar-refractivity contribution in [1.82, 2.24) is 18.9 Å². The number of esters is 1. The summed E-state index contributed by atoms with van der Waals surface area (Å²) in [4.78, 5) is 26.7. The first-order valence-electron chi connectivity index (χ1n) is 15.5. The number of halogens is 1. The number of nitrogens with zero attached hydrogens (tertiary/aromatic N) is 4. The molecular weight excluding hydrogens is 617 g/mol. The average Bonchev–Trinajstić information content (AvgIpc) is 3.48. The Hall–Kier alpha value is -5.08. The minimum Gasteiger partial charge on any atom is -0.469 e. The number of hydrogen-bond donors (Lipinski definition) is 1. The van der Waals surface area contributed by atoms with Crippen LogP contribution in [0, 0.1) is 42.3 Å². The predicted molar refractivity (Wildman–Crippen MR) is 175 cm³/mol. The molecule has 238 valence electrons. The lowest BCUT2D eigenvalue weighted by Gasteiger charge is -2.47. The van der Waals surface area contributed by atoms with Crippen LogP contribution in [0.2, 0.25) is 0 Å². The average molecular weight is 650 g/mol. The van der Waals surface area contributed by atoms with Crippen molar-refractivity contribution in [3.8, 4) is 23.2 Å². The van der Waals surface area contributed by atoms with E-state index in [1.807, 2.05) is 37.3 Å². The highest BCUT2D eigenvalue weighted by molar-refractivity contribution is 7.90. The zero-order valence-electron chi connectivity index (χ0n) is 25.9. The smallest absolute Gasteiger partial charge is 0.311 e. The van der Waals surface area contributed by atoms with Crippen molar-refractivity contribution in [1.29, 1.82) is 0 Å². The lowest BCUT2D eigenvalue weighted by Crippen LogP contribution is -2.51. The Labute approximate surface area is 272 Å². The molecule has 0 saturated heterocycles. The van der Waals surface area contributed by atoms with Crippen molar-refractivity contribution in [2.24, 2.45) is 17.8 Å². The molecule has 3 aliphatic carbocycles. The fourth-order valence-electron chi connectivity index (χ4n) is 6.91. The number of pyridine rings is 1. The van der Waals surface area contributed by atoms with Crippen LogP contribution < -0.4 is 5.32 Å². The van der Waals surface area contributed by atoms with Crippen molar-refractivity contribution in [3.05, 3.63) is 102 Å². The molecule has 9 nitrogen and oxygen atoms in total. The van der Waals surface area contributed by atoms with Crippen LogP contribution >= 0.6 is 0 Å². The first-order valence-corrected chi connectivity index (χ1v) is 16.9. The van der Waals surface area contributed by atoms with Gasteiger partial charge in [0.15, 0.2) is 11.5 Å². The number of hydrogen-bond acceptors (Lipinski definition) is 8. The molecule has 11 heteroatoms. The normalized spacial score (nSPS) is 20.4. The number of fused-ring (bicyclic) bond motifs is 4. The SMILES string of the molecule is COC(=O)C1C2CCC(CC2)C1Nc1cc(C#Cc2ccccc2)nc(-c2cn(S(=O)(=O)c3ccc(C)cc3)c3ncc(F)cc23)n1. The van der Waals surface area contributed by atoms with E-state index in [4.69, 9.17) is 14.7 Å². The van der Waals surface area contributed by atoms with Crippen molar-refractivity contribution < 1.29 is 22.3 Å². The minimum atomic E-state index is -4.12. The first-order chi connectivity index (χ1) is 22.7. The Morgan fingerprint density at radius 1 is 0.979 bits per heavy atom. The summed E-state index contributed by atoms with van der Waals surface area (Å²) in [7, 11) is -2.70. The summed E-state index contributed by atoms with van der Waals surface area (Å²) >= 11 is 0. The van der Waals surface area contributed by atoms with Gasteiger partial charge in [0.2, 0.25) is 0 Å². The molecule has 3 saturated carbocycles. The monoisotopic (exact) mass is 649 g/mol. The molecule has 5 aromatic rings. The highest BCUT2D eigenvalue weighted by Gasteiger charge is 2.48. The Bertz CT molecular complexity index is 2150. The number of rotatable bonds is 6. The van der Waals surface area contributed by atoms with E-state index in [1.54, 1.807) is 18.2 Å². The van der Waals surface area contributed by atoms with E-state index >= 15 is 0 Å². The first kappa shape index (κ1) is 30.6. The van der Waals surface area contributed by atoms with Crippen LogP contribution in [0.3, 0.4) is 0 Å². The Morgan fingerprint density at radius 2 is 1.70 bits per heavy atom. The maximum atomic E-state index is 14.7. The third-order valence-electron chi connectivity index (χ3n) is 9.24. The fraction of sp³-hybridized carbons (Fsp3) is 0.278. The number of carbonyl (C=O) groups excluding carboxylic acids is 1. The number of methoxy groups -OCH3 is 1. The van der Waals surface area contributed by atoms with E-state index in [1.165, 1.54) is 31.5 Å². The molecule has 2 aromatic carbocycles. The summed E-state index contributed by atoms with van der Waals surface area (Å²) in [6.07, 6.45) is 6.28. The molecule has 8 rings (SSSR count). The van der Waals surface area contributed by atoms with Crippen LogP contribution in [0.25, 0.3) is 22.4 Å². The van der Waals surface area contributed by atoms with Crippen molar-refractivity contribution in [3.63, 3.8) is 0 Å². The van der Waals surface area contributed by atoms with Crippen LogP contribution in [0.4, 0.5) is 10.2 Å². The van der Waals surface area contributed by atoms with E-state index in [0.717, 1.165) is 47.0 Å². The molecular formula is C36H32FN5O4S. The van der Waals surface area contributed by atoms with Gasteiger partial charge in [0.1, 0.15) is 17.3 Å². The van der Waals surface area contributed by atoms with Gasteiger partial charge < -0.3 is 10.1 Å². The molecule has 0 spiro atoms. The van der Waals surface area contributed by atoms with Gasteiger partial charge in [-0.25, -0.2) is 31.7 Å². The number of carbonyl (C=O) groups is 1. The maximum absolute atomic E-state index is 14.7. The topological polar surface area (TPSA) is 116 Å². The van der Waals surface area contributed by atoms with Gasteiger partial charge in [0.05, 0.1) is 24.1 Å². The summed E-state index contributed by atoms with van der Waals surface area (Å²) in [5.74, 6) is 6.03. The second kappa shape index (κ2) is 12.3. The summed E-state index contributed by atoms with van der Waals surface area (Å²) in [5.41, 5.74) is 2.36. The summed E-state index contributed by atoms with van der Waals surface area (Å²) < 4.78 is 48.6. The highest BCUT2D eigenvalue weighted by atomic mass is 32.2. The van der Waals surface area contributed by atoms with Crippen LogP contribution in [-0.4, -0.2) is 46.5 Å². The van der Waals surface area contributed by atoms with E-state index < -0.39 is 15.8 Å². The molecule has 2 unspecified atom stereocenters. The van der Waals surface area contributed by atoms with Crippen molar-refractivity contribution >= 4 is 32.8 Å². The molecule has 47 heavy (non-hydrogen) atoms. The van der Waals surface area contributed by atoms with Gasteiger partial charge in [0.25, 0.3) is 10.0 Å². The summed E-state index contributed by atoms with van der Waals surface area (Å²) in [6.45, 7) is 1.87. The Morgan fingerprint density at radius 3 is 2.43 bits per heavy atom. The molecule has 3 heterocycles. The second-order valence-electron chi connectivity index (χ2n) is 12.2. The lowest BCUT2D eigenvalue weighted by molar-refractivity contribution is -0.152. The summed E-state index contributed by atoms with van der Waals surface area (Å²) in [6, 6.07) is 18.6. The Kier molecular flexibility index (Phi) is 7.98. The number of ether oxygens (including phenoxy) is 1. The predicted octanol–water partition coefficient (Wildman–Crippen LogP) is 5.97. The zero-order chi connectivity index (χ0) is 32.7. The standard InChI is InChI=1S/C36H32FN5O4S/c1-22-8-16-28(17-9-22)47(44,45)42-21-30(29-18-26(37)20-38-35(29)42)34-39-27(15-10-23-6-4-3-5-7-23)19-31(41-34)40-33-25-13-11-24(12-14-25)32(33)36(43)46-2/h3-9,16-21,24-25,32-33H,11-14H2,1-2H3,(H,39,40,41). The quantitative estimate of drug-likeness (QED) is 0.177. The zero-order valence-corrected chi connectivity index (χ0v) is 26.7.